The SMILES string of the molecule is CC1CC=C(C2COC(c3cc(F)c4c(F)c(C#CC(F)(F)F)c(F)cc4c3)OC2)CC1. The van der Waals surface area contributed by atoms with Crippen LogP contribution in [-0.4, -0.2) is 19.4 Å². The topological polar surface area (TPSA) is 18.5 Å². The van der Waals surface area contributed by atoms with Crippen molar-refractivity contribution in [3.05, 3.63) is 58.4 Å². The molecule has 2 aromatic rings. The number of halogens is 6. The zero-order valence-electron chi connectivity index (χ0n) is 17.2. The Labute approximate surface area is 181 Å². The average Bonchev–Trinajstić information content (AvgIpc) is 2.73. The van der Waals surface area contributed by atoms with E-state index in [0.29, 0.717) is 19.1 Å². The summed E-state index contributed by atoms with van der Waals surface area (Å²) in [5.41, 5.74) is 0.375. The van der Waals surface area contributed by atoms with Crippen LogP contribution in [0.4, 0.5) is 26.3 Å². The van der Waals surface area contributed by atoms with Gasteiger partial charge in [0.1, 0.15) is 11.6 Å². The quantitative estimate of drug-likeness (QED) is 0.290. The number of ether oxygens (including phenoxy) is 2. The average molecular weight is 454 g/mol. The second-order valence-electron chi connectivity index (χ2n) is 8.25. The zero-order chi connectivity index (χ0) is 23.0. The molecule has 1 heterocycles. The van der Waals surface area contributed by atoms with Gasteiger partial charge < -0.3 is 9.47 Å². The number of fused-ring (bicyclic) bond motifs is 1. The van der Waals surface area contributed by atoms with Gasteiger partial charge in [0.25, 0.3) is 0 Å². The maximum absolute atomic E-state index is 14.7. The Hall–Kier alpha value is -2.50. The zero-order valence-corrected chi connectivity index (χ0v) is 17.2. The summed E-state index contributed by atoms with van der Waals surface area (Å²) >= 11 is 0. The van der Waals surface area contributed by atoms with E-state index in [1.54, 1.807) is 0 Å². The molecule has 0 radical (unpaired) electrons. The van der Waals surface area contributed by atoms with Crippen LogP contribution in [0.2, 0.25) is 0 Å². The van der Waals surface area contributed by atoms with Crippen LogP contribution in [0.1, 0.15) is 43.6 Å². The molecule has 1 aliphatic heterocycles. The lowest BCUT2D eigenvalue weighted by molar-refractivity contribution is -0.199. The molecule has 170 valence electrons. The van der Waals surface area contributed by atoms with E-state index < -0.39 is 40.9 Å². The summed E-state index contributed by atoms with van der Waals surface area (Å²) in [6, 6.07) is 3.04. The van der Waals surface area contributed by atoms with Gasteiger partial charge in [-0.3, -0.25) is 0 Å². The van der Waals surface area contributed by atoms with Gasteiger partial charge in [0.2, 0.25) is 0 Å². The molecule has 2 aliphatic rings. The molecule has 4 rings (SSSR count). The van der Waals surface area contributed by atoms with E-state index in [2.05, 4.69) is 13.0 Å². The fraction of sp³-hybridized carbons (Fsp3) is 0.417. The van der Waals surface area contributed by atoms with Crippen molar-refractivity contribution in [3.63, 3.8) is 0 Å². The van der Waals surface area contributed by atoms with Gasteiger partial charge in [-0.2, -0.15) is 13.2 Å². The molecule has 1 unspecified atom stereocenters. The Morgan fingerprint density at radius 3 is 2.34 bits per heavy atom. The normalized spacial score (nSPS) is 24.1. The fourth-order valence-corrected chi connectivity index (χ4v) is 4.08. The van der Waals surface area contributed by atoms with Crippen molar-refractivity contribution in [2.24, 2.45) is 11.8 Å². The first-order valence-corrected chi connectivity index (χ1v) is 10.3. The van der Waals surface area contributed by atoms with E-state index >= 15 is 0 Å². The molecule has 0 amide bonds. The largest absolute Gasteiger partial charge is 0.458 e. The first-order chi connectivity index (χ1) is 15.1. The van der Waals surface area contributed by atoms with E-state index in [9.17, 15) is 26.3 Å². The van der Waals surface area contributed by atoms with Gasteiger partial charge in [0, 0.05) is 17.4 Å². The second kappa shape index (κ2) is 8.80. The summed E-state index contributed by atoms with van der Waals surface area (Å²) in [7, 11) is 0. The first kappa shape index (κ1) is 22.7. The lowest BCUT2D eigenvalue weighted by Gasteiger charge is -2.33. The lowest BCUT2D eigenvalue weighted by atomic mass is 9.85. The van der Waals surface area contributed by atoms with Crippen LogP contribution in [0.5, 0.6) is 0 Å². The summed E-state index contributed by atoms with van der Waals surface area (Å²) in [6.07, 6.45) is -0.538. The number of allylic oxidation sites excluding steroid dienone is 1. The Bertz CT molecular complexity index is 1120. The van der Waals surface area contributed by atoms with Gasteiger partial charge >= 0.3 is 6.18 Å². The van der Waals surface area contributed by atoms with Crippen LogP contribution >= 0.6 is 0 Å². The van der Waals surface area contributed by atoms with Crippen molar-refractivity contribution in [2.75, 3.05) is 13.2 Å². The Kier molecular flexibility index (Phi) is 6.24. The summed E-state index contributed by atoms with van der Waals surface area (Å²) in [4.78, 5) is 0. The van der Waals surface area contributed by atoms with Gasteiger partial charge in [-0.1, -0.05) is 24.5 Å². The highest BCUT2D eigenvalue weighted by Gasteiger charge is 2.29. The molecule has 8 heteroatoms. The third kappa shape index (κ3) is 4.79. The number of rotatable bonds is 2. The standard InChI is InChI=1S/C24H20F6O2/c1-13-2-4-14(5-3-13)17-11-31-23(32-12-17)16-8-15-9-19(25)18(6-7-24(28,29)30)22(27)21(15)20(26)10-16/h4,8-10,13,17,23H,2-3,5,11-12H2,1H3. The third-order valence-electron chi connectivity index (χ3n) is 5.83. The van der Waals surface area contributed by atoms with E-state index in [0.717, 1.165) is 37.3 Å². The molecule has 2 nitrogen and oxygen atoms in total. The van der Waals surface area contributed by atoms with Gasteiger partial charge in [-0.15, -0.1) is 0 Å². The van der Waals surface area contributed by atoms with E-state index in [1.165, 1.54) is 17.6 Å². The van der Waals surface area contributed by atoms with Crippen molar-refractivity contribution in [1.29, 1.82) is 0 Å². The summed E-state index contributed by atoms with van der Waals surface area (Å²) < 4.78 is 92.0. The van der Waals surface area contributed by atoms with Crippen LogP contribution in [0.25, 0.3) is 10.8 Å². The molecule has 2 aromatic carbocycles. The summed E-state index contributed by atoms with van der Waals surface area (Å²) in [5.74, 6) is -0.890. The van der Waals surface area contributed by atoms with Gasteiger partial charge in [0.15, 0.2) is 12.1 Å². The lowest BCUT2D eigenvalue weighted by Crippen LogP contribution is -2.29. The van der Waals surface area contributed by atoms with E-state index in [-0.39, 0.29) is 16.9 Å². The minimum Gasteiger partial charge on any atom is -0.348 e. The van der Waals surface area contributed by atoms with Gasteiger partial charge in [-0.25, -0.2) is 13.2 Å². The number of alkyl halides is 3. The van der Waals surface area contributed by atoms with Crippen LogP contribution in [0.3, 0.4) is 0 Å². The monoisotopic (exact) mass is 454 g/mol. The van der Waals surface area contributed by atoms with Crippen molar-refractivity contribution in [1.82, 2.24) is 0 Å². The first-order valence-electron chi connectivity index (χ1n) is 10.3. The Morgan fingerprint density at radius 2 is 1.72 bits per heavy atom. The number of hydrogen-bond acceptors (Lipinski definition) is 2. The number of benzene rings is 2. The smallest absolute Gasteiger partial charge is 0.348 e. The predicted octanol–water partition coefficient (Wildman–Crippen LogP) is 6.58. The van der Waals surface area contributed by atoms with Crippen LogP contribution < -0.4 is 0 Å². The summed E-state index contributed by atoms with van der Waals surface area (Å²) in [5, 5.41) is -0.803. The molecule has 1 saturated heterocycles. The maximum Gasteiger partial charge on any atom is 0.458 e. The minimum absolute atomic E-state index is 0.105. The molecule has 1 atom stereocenters. The molecular formula is C24H20F6O2. The molecule has 0 bridgehead atoms. The second-order valence-corrected chi connectivity index (χ2v) is 8.25. The summed E-state index contributed by atoms with van der Waals surface area (Å²) in [6.45, 7) is 2.95. The third-order valence-corrected chi connectivity index (χ3v) is 5.83. The highest BCUT2D eigenvalue weighted by molar-refractivity contribution is 5.86. The highest BCUT2D eigenvalue weighted by Crippen LogP contribution is 2.36. The van der Waals surface area contributed by atoms with Crippen molar-refractivity contribution in [3.8, 4) is 11.8 Å². The van der Waals surface area contributed by atoms with Crippen LogP contribution in [0.15, 0.2) is 29.8 Å². The molecular weight excluding hydrogens is 434 g/mol. The van der Waals surface area contributed by atoms with Crippen LogP contribution in [0, 0.1) is 41.1 Å². The fourth-order valence-electron chi connectivity index (χ4n) is 4.08. The van der Waals surface area contributed by atoms with Crippen molar-refractivity contribution in [2.45, 2.75) is 38.7 Å². The predicted molar refractivity (Wildman–Crippen MR) is 106 cm³/mol. The molecule has 0 aromatic heterocycles. The Balaban J connectivity index is 1.58. The van der Waals surface area contributed by atoms with Crippen molar-refractivity contribution < 1.29 is 35.8 Å². The molecule has 1 fully saturated rings. The number of hydrogen-bond donors (Lipinski definition) is 0. The van der Waals surface area contributed by atoms with Crippen molar-refractivity contribution >= 4 is 10.8 Å². The van der Waals surface area contributed by atoms with Gasteiger partial charge in [0.05, 0.1) is 24.2 Å². The highest BCUT2D eigenvalue weighted by atomic mass is 19.4. The molecule has 0 N–H and O–H groups in total. The van der Waals surface area contributed by atoms with E-state index in [4.69, 9.17) is 9.47 Å². The maximum atomic E-state index is 14.7. The molecule has 0 spiro atoms. The molecule has 32 heavy (non-hydrogen) atoms. The molecule has 1 aliphatic carbocycles. The van der Waals surface area contributed by atoms with E-state index in [1.807, 2.05) is 0 Å². The minimum atomic E-state index is -4.93. The van der Waals surface area contributed by atoms with Gasteiger partial charge in [-0.05, 0) is 48.8 Å². The Morgan fingerprint density at radius 1 is 1.00 bits per heavy atom. The molecule has 0 saturated carbocycles. The van der Waals surface area contributed by atoms with Crippen LogP contribution in [-0.2, 0) is 9.47 Å².